The van der Waals surface area contributed by atoms with Gasteiger partial charge in [0, 0.05) is 15.4 Å². The monoisotopic (exact) mass is 444 g/mol. The highest BCUT2D eigenvalue weighted by molar-refractivity contribution is 8.00. The zero-order valence-electron chi connectivity index (χ0n) is 16.2. The van der Waals surface area contributed by atoms with Crippen LogP contribution in [-0.2, 0) is 4.79 Å². The van der Waals surface area contributed by atoms with Gasteiger partial charge < -0.3 is 0 Å². The van der Waals surface area contributed by atoms with Crippen LogP contribution >= 0.6 is 23.5 Å². The van der Waals surface area contributed by atoms with Gasteiger partial charge in [-0.1, -0.05) is 78.1 Å². The summed E-state index contributed by atoms with van der Waals surface area (Å²) in [5.74, 6) is 0.0165. The molecule has 0 fully saturated rings. The first-order valence-electron chi connectivity index (χ1n) is 9.55. The van der Waals surface area contributed by atoms with Gasteiger partial charge in [0.1, 0.15) is 0 Å². The lowest BCUT2D eigenvalue weighted by Gasteiger charge is -2.30. The average molecular weight is 445 g/mol. The Balaban J connectivity index is 1.38. The molecule has 0 unspecified atom stereocenters. The van der Waals surface area contributed by atoms with Gasteiger partial charge in [-0.05, 0) is 24.3 Å². The summed E-state index contributed by atoms with van der Waals surface area (Å²) in [5, 5.41) is 8.48. The fourth-order valence-electron chi connectivity index (χ4n) is 3.34. The van der Waals surface area contributed by atoms with E-state index in [-0.39, 0.29) is 22.9 Å². The average Bonchev–Trinajstić information content (AvgIpc) is 2.81. The standard InChI is InChI=1S/C23H16N4O2S2/c28-20(14-30-23-24-22(29)21(25-26-23)15-8-2-1-3-9-15)27-16-10-4-6-12-18(16)31-19-13-7-5-11-17(19)27/h1-13H,14H2,(H,24,26,29). The minimum atomic E-state index is -0.332. The predicted octanol–water partition coefficient (Wildman–Crippen LogP) is 4.75. The first-order chi connectivity index (χ1) is 15.2. The highest BCUT2D eigenvalue weighted by atomic mass is 32.2. The van der Waals surface area contributed by atoms with Crippen molar-refractivity contribution in [2.24, 2.45) is 0 Å². The third-order valence-electron chi connectivity index (χ3n) is 4.74. The summed E-state index contributed by atoms with van der Waals surface area (Å²) in [6.07, 6.45) is 0. The number of amides is 1. The van der Waals surface area contributed by atoms with Crippen LogP contribution in [0.3, 0.4) is 0 Å². The van der Waals surface area contributed by atoms with Gasteiger partial charge in [0.2, 0.25) is 5.91 Å². The van der Waals surface area contributed by atoms with Gasteiger partial charge in [0.05, 0.1) is 17.1 Å². The van der Waals surface area contributed by atoms with Crippen molar-refractivity contribution in [3.63, 3.8) is 0 Å². The number of H-pyrrole nitrogens is 1. The number of fused-ring (bicyclic) bond motifs is 2. The molecule has 1 aromatic heterocycles. The van der Waals surface area contributed by atoms with E-state index >= 15 is 0 Å². The maximum absolute atomic E-state index is 13.2. The molecule has 1 aliphatic rings. The Bertz CT molecular complexity index is 1280. The molecule has 0 radical (unpaired) electrons. The largest absolute Gasteiger partial charge is 0.298 e. The number of hydrogen-bond donors (Lipinski definition) is 1. The zero-order chi connectivity index (χ0) is 21.2. The van der Waals surface area contributed by atoms with Gasteiger partial charge in [-0.25, -0.2) is 0 Å². The van der Waals surface area contributed by atoms with Crippen LogP contribution in [-0.4, -0.2) is 26.8 Å². The predicted molar refractivity (Wildman–Crippen MR) is 123 cm³/mol. The number of carbonyl (C=O) groups is 1. The Morgan fingerprint density at radius 2 is 1.48 bits per heavy atom. The zero-order valence-corrected chi connectivity index (χ0v) is 17.8. The van der Waals surface area contributed by atoms with Gasteiger partial charge in [-0.15, -0.1) is 10.2 Å². The molecule has 0 spiro atoms. The molecule has 31 heavy (non-hydrogen) atoms. The maximum Gasteiger partial charge on any atom is 0.278 e. The van der Waals surface area contributed by atoms with Gasteiger partial charge in [-0.3, -0.25) is 19.5 Å². The van der Waals surface area contributed by atoms with Crippen LogP contribution in [0.1, 0.15) is 0 Å². The molecule has 2 heterocycles. The van der Waals surface area contributed by atoms with Crippen molar-refractivity contribution in [2.45, 2.75) is 14.9 Å². The lowest BCUT2D eigenvalue weighted by Crippen LogP contribution is -2.30. The smallest absolute Gasteiger partial charge is 0.278 e. The molecule has 0 aliphatic carbocycles. The van der Waals surface area contributed by atoms with Crippen molar-refractivity contribution in [2.75, 3.05) is 10.7 Å². The summed E-state index contributed by atoms with van der Waals surface area (Å²) < 4.78 is 0. The first-order valence-corrected chi connectivity index (χ1v) is 11.3. The molecule has 0 saturated heterocycles. The lowest BCUT2D eigenvalue weighted by atomic mass is 10.2. The number of rotatable bonds is 4. The molecule has 1 amide bonds. The Kier molecular flexibility index (Phi) is 5.31. The molecular weight excluding hydrogens is 428 g/mol. The van der Waals surface area contributed by atoms with Crippen LogP contribution in [0.25, 0.3) is 11.3 Å². The molecule has 152 valence electrons. The van der Waals surface area contributed by atoms with E-state index in [0.717, 1.165) is 32.9 Å². The molecule has 1 N–H and O–H groups in total. The van der Waals surface area contributed by atoms with E-state index in [1.54, 1.807) is 28.8 Å². The van der Waals surface area contributed by atoms with E-state index in [4.69, 9.17) is 0 Å². The molecule has 0 bridgehead atoms. The van der Waals surface area contributed by atoms with Crippen LogP contribution in [0.4, 0.5) is 11.4 Å². The number of benzene rings is 3. The Labute approximate surface area is 186 Å². The SMILES string of the molecule is O=C(CSc1nnc(-c2ccccc2)c(=O)[nH]1)N1c2ccccc2Sc2ccccc21. The van der Waals surface area contributed by atoms with Crippen molar-refractivity contribution >= 4 is 40.8 Å². The molecule has 0 saturated carbocycles. The van der Waals surface area contributed by atoms with Crippen LogP contribution in [0, 0.1) is 0 Å². The molecule has 5 rings (SSSR count). The summed E-state index contributed by atoms with van der Waals surface area (Å²) in [7, 11) is 0. The van der Waals surface area contributed by atoms with Crippen LogP contribution in [0.2, 0.25) is 0 Å². The highest BCUT2D eigenvalue weighted by Crippen LogP contribution is 2.48. The first kappa shape index (κ1) is 19.6. The lowest BCUT2D eigenvalue weighted by molar-refractivity contribution is -0.115. The third kappa shape index (κ3) is 3.87. The Morgan fingerprint density at radius 3 is 2.13 bits per heavy atom. The molecule has 4 aromatic rings. The summed E-state index contributed by atoms with van der Waals surface area (Å²) in [6, 6.07) is 24.8. The van der Waals surface area contributed by atoms with Gasteiger partial charge in [-0.2, -0.15) is 0 Å². The fraction of sp³-hybridized carbons (Fsp3) is 0.0435. The van der Waals surface area contributed by atoms with Gasteiger partial charge in [0.25, 0.3) is 5.56 Å². The maximum atomic E-state index is 13.2. The van der Waals surface area contributed by atoms with E-state index < -0.39 is 0 Å². The number of nitrogens with one attached hydrogen (secondary N) is 1. The number of aromatic nitrogens is 3. The van der Waals surface area contributed by atoms with E-state index in [0.29, 0.717) is 10.7 Å². The topological polar surface area (TPSA) is 79.0 Å². The Hall–Kier alpha value is -3.36. The van der Waals surface area contributed by atoms with Crippen molar-refractivity contribution in [3.05, 3.63) is 89.2 Å². The normalized spacial score (nSPS) is 12.2. The number of hydrogen-bond acceptors (Lipinski definition) is 6. The minimum Gasteiger partial charge on any atom is -0.298 e. The summed E-state index contributed by atoms with van der Waals surface area (Å²) in [4.78, 5) is 32.2. The quantitative estimate of drug-likeness (QED) is 0.458. The van der Waals surface area contributed by atoms with Crippen molar-refractivity contribution in [3.8, 4) is 11.3 Å². The minimum absolute atomic E-state index is 0.0972. The number of nitrogens with zero attached hydrogens (tertiary/aromatic N) is 3. The third-order valence-corrected chi connectivity index (χ3v) is 6.72. The number of thioether (sulfide) groups is 1. The molecule has 1 aliphatic heterocycles. The number of para-hydroxylation sites is 2. The van der Waals surface area contributed by atoms with E-state index in [2.05, 4.69) is 15.2 Å². The number of anilines is 2. The summed E-state index contributed by atoms with van der Waals surface area (Å²) in [6.45, 7) is 0. The molecule has 0 atom stereocenters. The Morgan fingerprint density at radius 1 is 0.871 bits per heavy atom. The van der Waals surface area contributed by atoms with Gasteiger partial charge in [0.15, 0.2) is 10.9 Å². The number of carbonyl (C=O) groups excluding carboxylic acids is 1. The van der Waals surface area contributed by atoms with Crippen molar-refractivity contribution in [1.82, 2.24) is 15.2 Å². The van der Waals surface area contributed by atoms with Crippen molar-refractivity contribution in [1.29, 1.82) is 0 Å². The molecular formula is C23H16N4O2S2. The highest BCUT2D eigenvalue weighted by Gasteiger charge is 2.27. The second kappa shape index (κ2) is 8.41. The van der Waals surface area contributed by atoms with Crippen LogP contribution in [0.5, 0.6) is 0 Å². The summed E-state index contributed by atoms with van der Waals surface area (Å²) >= 11 is 2.81. The second-order valence-electron chi connectivity index (χ2n) is 6.73. The van der Waals surface area contributed by atoms with Gasteiger partial charge >= 0.3 is 0 Å². The number of aromatic amines is 1. The van der Waals surface area contributed by atoms with Crippen LogP contribution in [0.15, 0.2) is 98.6 Å². The van der Waals surface area contributed by atoms with Crippen LogP contribution < -0.4 is 10.5 Å². The second-order valence-corrected chi connectivity index (χ2v) is 8.78. The van der Waals surface area contributed by atoms with E-state index in [1.807, 2.05) is 66.7 Å². The molecule has 6 nitrogen and oxygen atoms in total. The fourth-order valence-corrected chi connectivity index (χ4v) is 5.05. The van der Waals surface area contributed by atoms with E-state index in [1.165, 1.54) is 0 Å². The van der Waals surface area contributed by atoms with E-state index in [9.17, 15) is 9.59 Å². The molecule has 3 aromatic carbocycles. The summed E-state index contributed by atoms with van der Waals surface area (Å²) in [5.41, 5.74) is 2.34. The van der Waals surface area contributed by atoms with Crippen molar-refractivity contribution < 1.29 is 4.79 Å². The molecule has 8 heteroatoms.